The molecule has 5 nitrogen and oxygen atoms in total. The Labute approximate surface area is 162 Å². The van der Waals surface area contributed by atoms with Crippen LogP contribution < -0.4 is 14.9 Å². The molecule has 0 saturated carbocycles. The number of nitrogens with zero attached hydrogens (tertiary/aromatic N) is 1. The average Bonchev–Trinajstić information content (AvgIpc) is 2.70. The van der Waals surface area contributed by atoms with E-state index in [0.29, 0.717) is 22.1 Å². The molecule has 0 unspecified atom stereocenters. The van der Waals surface area contributed by atoms with Crippen molar-refractivity contribution < 1.29 is 14.3 Å². The molecular formula is C21H17ClN2O3. The number of hydrazone groups is 1. The highest BCUT2D eigenvalue weighted by molar-refractivity contribution is 6.30. The number of rotatable bonds is 6. The van der Waals surface area contributed by atoms with Crippen LogP contribution in [-0.2, 0) is 0 Å². The molecule has 0 amide bonds. The summed E-state index contributed by atoms with van der Waals surface area (Å²) >= 11 is 5.83. The number of carbonyl (C=O) groups is 1. The Morgan fingerprint density at radius 2 is 1.74 bits per heavy atom. The van der Waals surface area contributed by atoms with Gasteiger partial charge in [0, 0.05) is 5.02 Å². The number of hydrogen-bond donors (Lipinski definition) is 1. The highest BCUT2D eigenvalue weighted by Crippen LogP contribution is 2.28. The van der Waals surface area contributed by atoms with Crippen LogP contribution in [0.5, 0.6) is 11.5 Å². The fourth-order valence-electron chi connectivity index (χ4n) is 2.29. The van der Waals surface area contributed by atoms with Crippen LogP contribution in [0, 0.1) is 0 Å². The topological polar surface area (TPSA) is 59.9 Å². The summed E-state index contributed by atoms with van der Waals surface area (Å²) in [5.41, 5.74) is 5.01. The first-order valence-electron chi connectivity index (χ1n) is 8.15. The van der Waals surface area contributed by atoms with Crippen LogP contribution in [0.2, 0.25) is 5.02 Å². The van der Waals surface area contributed by atoms with E-state index in [1.165, 1.54) is 7.11 Å². The number of para-hydroxylation sites is 1. The van der Waals surface area contributed by atoms with Crippen LogP contribution in [0.4, 0.5) is 5.69 Å². The molecule has 27 heavy (non-hydrogen) atoms. The molecule has 3 aromatic carbocycles. The predicted octanol–water partition coefficient (Wildman–Crippen LogP) is 5.01. The van der Waals surface area contributed by atoms with Crippen LogP contribution in [-0.4, -0.2) is 19.3 Å². The van der Waals surface area contributed by atoms with E-state index in [4.69, 9.17) is 21.1 Å². The molecule has 6 heteroatoms. The van der Waals surface area contributed by atoms with Gasteiger partial charge >= 0.3 is 5.97 Å². The van der Waals surface area contributed by atoms with Crippen molar-refractivity contribution in [1.29, 1.82) is 0 Å². The lowest BCUT2D eigenvalue weighted by molar-refractivity contribution is 0.0729. The molecular weight excluding hydrogens is 364 g/mol. The van der Waals surface area contributed by atoms with Gasteiger partial charge in [0.15, 0.2) is 11.5 Å². The van der Waals surface area contributed by atoms with Crippen molar-refractivity contribution >= 4 is 29.5 Å². The van der Waals surface area contributed by atoms with Gasteiger partial charge in [0.05, 0.1) is 24.6 Å². The number of nitrogens with one attached hydrogen (secondary N) is 1. The summed E-state index contributed by atoms with van der Waals surface area (Å²) in [5.74, 6) is 0.267. The van der Waals surface area contributed by atoms with E-state index >= 15 is 0 Å². The van der Waals surface area contributed by atoms with Gasteiger partial charge in [0.25, 0.3) is 0 Å². The van der Waals surface area contributed by atoms with Gasteiger partial charge in [-0.2, -0.15) is 5.10 Å². The van der Waals surface area contributed by atoms with Crippen LogP contribution in [0.25, 0.3) is 0 Å². The largest absolute Gasteiger partial charge is 0.493 e. The number of benzene rings is 3. The van der Waals surface area contributed by atoms with E-state index in [9.17, 15) is 4.79 Å². The minimum Gasteiger partial charge on any atom is -0.493 e. The molecule has 0 aliphatic heterocycles. The van der Waals surface area contributed by atoms with Crippen molar-refractivity contribution in [2.24, 2.45) is 5.10 Å². The number of hydrogen-bond acceptors (Lipinski definition) is 5. The van der Waals surface area contributed by atoms with Gasteiger partial charge in [-0.15, -0.1) is 0 Å². The fourth-order valence-corrected chi connectivity index (χ4v) is 2.41. The van der Waals surface area contributed by atoms with Crippen molar-refractivity contribution in [3.63, 3.8) is 0 Å². The minimum absolute atomic E-state index is 0.325. The summed E-state index contributed by atoms with van der Waals surface area (Å²) in [5, 5.41) is 4.74. The van der Waals surface area contributed by atoms with Gasteiger partial charge in [-0.1, -0.05) is 29.8 Å². The second-order valence-corrected chi connectivity index (χ2v) is 5.98. The summed E-state index contributed by atoms with van der Waals surface area (Å²) in [6.07, 6.45) is 1.65. The number of halogens is 1. The van der Waals surface area contributed by atoms with Crippen LogP contribution in [0.1, 0.15) is 15.9 Å². The Balaban J connectivity index is 1.70. The summed E-state index contributed by atoms with van der Waals surface area (Å²) in [7, 11) is 1.51. The van der Waals surface area contributed by atoms with E-state index in [2.05, 4.69) is 10.5 Å². The average molecular weight is 381 g/mol. The number of carbonyl (C=O) groups excluding carboxylic acids is 1. The van der Waals surface area contributed by atoms with Gasteiger partial charge < -0.3 is 9.47 Å². The molecule has 0 spiro atoms. The smallest absolute Gasteiger partial charge is 0.343 e. The van der Waals surface area contributed by atoms with Gasteiger partial charge in [0.1, 0.15) is 0 Å². The standard InChI is InChI=1S/C21H17ClN2O3/c1-26-20-13-15(14-23-24-18-5-3-2-4-6-18)7-12-19(20)27-21(25)16-8-10-17(22)11-9-16/h2-14,24H,1H3/b23-14+. The molecule has 0 atom stereocenters. The van der Waals surface area contributed by atoms with E-state index in [1.807, 2.05) is 30.3 Å². The normalized spacial score (nSPS) is 10.6. The van der Waals surface area contributed by atoms with Crippen molar-refractivity contribution in [2.45, 2.75) is 0 Å². The van der Waals surface area contributed by atoms with E-state index in [1.54, 1.807) is 48.7 Å². The molecule has 0 bridgehead atoms. The Morgan fingerprint density at radius 1 is 1.00 bits per heavy atom. The predicted molar refractivity (Wildman–Crippen MR) is 107 cm³/mol. The molecule has 0 aromatic heterocycles. The Hall–Kier alpha value is -3.31. The van der Waals surface area contributed by atoms with E-state index in [0.717, 1.165) is 11.3 Å². The first-order chi connectivity index (χ1) is 13.2. The summed E-state index contributed by atoms with van der Waals surface area (Å²) in [4.78, 5) is 12.3. The third-order valence-electron chi connectivity index (χ3n) is 3.65. The molecule has 3 aromatic rings. The van der Waals surface area contributed by atoms with E-state index in [-0.39, 0.29) is 0 Å². The lowest BCUT2D eigenvalue weighted by Gasteiger charge is -2.10. The molecule has 136 valence electrons. The van der Waals surface area contributed by atoms with Crippen molar-refractivity contribution in [3.05, 3.63) is 88.9 Å². The van der Waals surface area contributed by atoms with Crippen LogP contribution in [0.15, 0.2) is 77.9 Å². The number of esters is 1. The second-order valence-electron chi connectivity index (χ2n) is 5.54. The highest BCUT2D eigenvalue weighted by atomic mass is 35.5. The maximum atomic E-state index is 12.3. The summed E-state index contributed by atoms with van der Waals surface area (Å²) in [6, 6.07) is 21.3. The van der Waals surface area contributed by atoms with E-state index < -0.39 is 5.97 Å². The lowest BCUT2D eigenvalue weighted by Crippen LogP contribution is -2.09. The molecule has 1 N–H and O–H groups in total. The zero-order chi connectivity index (χ0) is 19.1. The third kappa shape index (κ3) is 5.09. The van der Waals surface area contributed by atoms with Gasteiger partial charge in [-0.25, -0.2) is 4.79 Å². The number of methoxy groups -OCH3 is 1. The Bertz CT molecular complexity index is 941. The molecule has 0 aliphatic carbocycles. The second kappa shape index (κ2) is 8.87. The third-order valence-corrected chi connectivity index (χ3v) is 3.90. The van der Waals surface area contributed by atoms with Gasteiger partial charge in [-0.3, -0.25) is 5.43 Å². The fraction of sp³-hybridized carbons (Fsp3) is 0.0476. The van der Waals surface area contributed by atoms with Crippen LogP contribution in [0.3, 0.4) is 0 Å². The molecule has 3 rings (SSSR count). The minimum atomic E-state index is -0.489. The lowest BCUT2D eigenvalue weighted by atomic mass is 10.2. The molecule has 0 saturated heterocycles. The summed E-state index contributed by atoms with van der Waals surface area (Å²) in [6.45, 7) is 0. The Morgan fingerprint density at radius 3 is 2.44 bits per heavy atom. The SMILES string of the molecule is COc1cc(/C=N/Nc2ccccc2)ccc1OC(=O)c1ccc(Cl)cc1. The quantitative estimate of drug-likeness (QED) is 0.282. The molecule has 0 heterocycles. The van der Waals surface area contributed by atoms with Crippen LogP contribution >= 0.6 is 11.6 Å². The molecule has 0 radical (unpaired) electrons. The van der Waals surface area contributed by atoms with Gasteiger partial charge in [-0.05, 0) is 60.2 Å². The molecule has 0 fully saturated rings. The van der Waals surface area contributed by atoms with Gasteiger partial charge in [0.2, 0.25) is 0 Å². The Kier molecular flexibility index (Phi) is 6.07. The zero-order valence-electron chi connectivity index (χ0n) is 14.6. The summed E-state index contributed by atoms with van der Waals surface area (Å²) < 4.78 is 10.8. The molecule has 0 aliphatic rings. The van der Waals surface area contributed by atoms with Crippen molar-refractivity contribution in [1.82, 2.24) is 0 Å². The monoisotopic (exact) mass is 380 g/mol. The first kappa shape index (κ1) is 18.5. The maximum Gasteiger partial charge on any atom is 0.343 e. The highest BCUT2D eigenvalue weighted by Gasteiger charge is 2.12. The first-order valence-corrected chi connectivity index (χ1v) is 8.53. The number of anilines is 1. The number of ether oxygens (including phenoxy) is 2. The van der Waals surface area contributed by atoms with Crippen molar-refractivity contribution in [2.75, 3.05) is 12.5 Å². The van der Waals surface area contributed by atoms with Crippen molar-refractivity contribution in [3.8, 4) is 11.5 Å². The zero-order valence-corrected chi connectivity index (χ0v) is 15.3. The maximum absolute atomic E-state index is 12.3.